The summed E-state index contributed by atoms with van der Waals surface area (Å²) in [5.41, 5.74) is 4.63. The monoisotopic (exact) mass is 359 g/mol. The van der Waals surface area contributed by atoms with Gasteiger partial charge in [0.2, 0.25) is 10.0 Å². The highest BCUT2D eigenvalue weighted by atomic mass is 32.2. The molecular weight excluding hydrogens is 338 g/mol. The van der Waals surface area contributed by atoms with Gasteiger partial charge in [-0.05, 0) is 22.8 Å². The van der Waals surface area contributed by atoms with Gasteiger partial charge in [-0.2, -0.15) is 0 Å². The zero-order chi connectivity index (χ0) is 18.0. The van der Waals surface area contributed by atoms with E-state index in [-0.39, 0.29) is 11.9 Å². The van der Waals surface area contributed by atoms with E-state index in [9.17, 15) is 8.42 Å². The average Bonchev–Trinajstić information content (AvgIpc) is 2.54. The minimum absolute atomic E-state index is 0.201. The molecule has 5 nitrogen and oxygen atoms in total. The fraction of sp³-hybridized carbons (Fsp3) is 0.263. The minimum atomic E-state index is -3.59. The van der Waals surface area contributed by atoms with Crippen molar-refractivity contribution >= 4 is 10.0 Å². The van der Waals surface area contributed by atoms with Crippen LogP contribution in [0.1, 0.15) is 29.2 Å². The van der Waals surface area contributed by atoms with Crippen LogP contribution in [-0.4, -0.2) is 15.5 Å². The van der Waals surface area contributed by atoms with Crippen LogP contribution in [0, 0.1) is 0 Å². The maximum Gasteiger partial charge on any atom is 0.213 e. The maximum absolute atomic E-state index is 11.4. The van der Waals surface area contributed by atoms with E-state index in [4.69, 9.17) is 14.6 Å². The van der Waals surface area contributed by atoms with Crippen LogP contribution >= 0.6 is 0 Å². The number of hydrogen-bond acceptors (Lipinski definition) is 4. The van der Waals surface area contributed by atoms with Crippen molar-refractivity contribution in [3.63, 3.8) is 0 Å². The van der Waals surface area contributed by atoms with Crippen LogP contribution < -0.4 is 9.88 Å². The van der Waals surface area contributed by atoms with Gasteiger partial charge in [-0.25, -0.2) is 13.6 Å². The Bertz CT molecular complexity index is 906. The summed E-state index contributed by atoms with van der Waals surface area (Å²) in [6, 6.07) is 11.5. The minimum Gasteiger partial charge on any atom is -0.485 e. The van der Waals surface area contributed by atoms with Gasteiger partial charge >= 0.3 is 0 Å². The molecule has 0 saturated heterocycles. The molecule has 1 atom stereocenters. The van der Waals surface area contributed by atoms with Crippen molar-refractivity contribution in [1.82, 2.24) is 0 Å². The Morgan fingerprint density at radius 1 is 1.32 bits per heavy atom. The number of methoxy groups -OCH3 is 1. The summed E-state index contributed by atoms with van der Waals surface area (Å²) in [5.74, 6) is 0.598. The number of nitrogens with two attached hydrogens (primary N) is 1. The lowest BCUT2D eigenvalue weighted by molar-refractivity contribution is 0.182. The molecule has 2 aromatic carbocycles. The van der Waals surface area contributed by atoms with Crippen molar-refractivity contribution in [1.29, 1.82) is 0 Å². The van der Waals surface area contributed by atoms with Gasteiger partial charge in [0.05, 0.1) is 12.4 Å². The summed E-state index contributed by atoms with van der Waals surface area (Å²) < 4.78 is 34.3. The molecule has 0 fully saturated rings. The van der Waals surface area contributed by atoms with Gasteiger partial charge in [-0.15, -0.1) is 6.58 Å². The average molecular weight is 359 g/mol. The molecule has 1 aliphatic heterocycles. The van der Waals surface area contributed by atoms with Crippen molar-refractivity contribution in [2.24, 2.45) is 5.14 Å². The lowest BCUT2D eigenvalue weighted by Gasteiger charge is -2.30. The number of rotatable bonds is 6. The molecule has 6 heteroatoms. The largest absolute Gasteiger partial charge is 0.485 e. The fourth-order valence-corrected chi connectivity index (χ4v) is 3.87. The summed E-state index contributed by atoms with van der Waals surface area (Å²) in [6.07, 6.45) is 2.21. The van der Waals surface area contributed by atoms with Crippen LogP contribution in [0.15, 0.2) is 49.1 Å². The predicted molar refractivity (Wildman–Crippen MR) is 97.6 cm³/mol. The first-order valence-electron chi connectivity index (χ1n) is 7.95. The number of benzene rings is 2. The summed E-state index contributed by atoms with van der Waals surface area (Å²) in [4.78, 5) is 0. The molecular formula is C19H21NO4S. The second-order valence-corrected chi connectivity index (χ2v) is 7.70. The number of fused-ring (bicyclic) bond motifs is 3. The van der Waals surface area contributed by atoms with E-state index in [1.165, 1.54) is 0 Å². The number of ether oxygens (including phenoxy) is 2. The van der Waals surface area contributed by atoms with E-state index in [0.717, 1.165) is 28.0 Å². The predicted octanol–water partition coefficient (Wildman–Crippen LogP) is 3.30. The molecule has 1 heterocycles. The smallest absolute Gasteiger partial charge is 0.213 e. The van der Waals surface area contributed by atoms with E-state index in [1.807, 2.05) is 30.3 Å². The van der Waals surface area contributed by atoms with E-state index in [2.05, 4.69) is 6.58 Å². The van der Waals surface area contributed by atoms with Crippen molar-refractivity contribution in [2.75, 3.05) is 7.11 Å². The summed E-state index contributed by atoms with van der Waals surface area (Å²) in [7, 11) is -1.94. The molecule has 132 valence electrons. The van der Waals surface area contributed by atoms with Crippen molar-refractivity contribution in [3.05, 3.63) is 65.7 Å². The first-order valence-corrected chi connectivity index (χ1v) is 9.66. The van der Waals surface area contributed by atoms with Crippen LogP contribution in [0.3, 0.4) is 0 Å². The van der Waals surface area contributed by atoms with Gasteiger partial charge in [0.15, 0.2) is 0 Å². The summed E-state index contributed by atoms with van der Waals surface area (Å²) in [6.45, 7) is 4.27. The summed E-state index contributed by atoms with van der Waals surface area (Å²) in [5, 5.41) is 5.19. The van der Waals surface area contributed by atoms with Gasteiger partial charge in [-0.3, -0.25) is 0 Å². The van der Waals surface area contributed by atoms with Gasteiger partial charge < -0.3 is 9.47 Å². The molecule has 0 radical (unpaired) electrons. The van der Waals surface area contributed by atoms with Gasteiger partial charge in [0.1, 0.15) is 11.9 Å². The number of sulfonamides is 1. The number of hydrogen-bond donors (Lipinski definition) is 1. The fourth-order valence-electron chi connectivity index (χ4n) is 3.23. The number of primary sulfonamides is 1. The molecule has 0 amide bonds. The van der Waals surface area contributed by atoms with Gasteiger partial charge in [-0.1, -0.05) is 36.4 Å². The third-order valence-electron chi connectivity index (χ3n) is 4.16. The van der Waals surface area contributed by atoms with Crippen molar-refractivity contribution in [3.8, 4) is 16.9 Å². The highest BCUT2D eigenvalue weighted by molar-refractivity contribution is 7.88. The molecule has 3 rings (SSSR count). The lowest BCUT2D eigenvalue weighted by atomic mass is 9.88. The highest BCUT2D eigenvalue weighted by Crippen LogP contribution is 2.45. The molecule has 25 heavy (non-hydrogen) atoms. The Morgan fingerprint density at radius 2 is 2.12 bits per heavy atom. The van der Waals surface area contributed by atoms with Crippen LogP contribution in [-0.2, 0) is 27.1 Å². The van der Waals surface area contributed by atoms with Gasteiger partial charge in [0, 0.05) is 24.7 Å². The molecule has 0 spiro atoms. The molecule has 0 bridgehead atoms. The van der Waals surface area contributed by atoms with Crippen molar-refractivity contribution in [2.45, 2.75) is 24.9 Å². The normalized spacial score (nSPS) is 15.8. The Morgan fingerprint density at radius 3 is 2.80 bits per heavy atom. The zero-order valence-corrected chi connectivity index (χ0v) is 14.9. The van der Waals surface area contributed by atoms with E-state index in [0.29, 0.717) is 18.6 Å². The Labute approximate surface area is 148 Å². The first kappa shape index (κ1) is 17.7. The molecule has 0 aromatic heterocycles. The third-order valence-corrected chi connectivity index (χ3v) is 4.90. The van der Waals surface area contributed by atoms with Crippen LogP contribution in [0.5, 0.6) is 5.75 Å². The topological polar surface area (TPSA) is 78.6 Å². The standard InChI is InChI=1S/C19H21NO4S/c1-3-5-17-16-10-13(12-25(20,21)22)8-9-15(16)19-14(11-23-2)6-4-7-18(19)24-17/h3-4,6-10,17H,1,5,11-12H2,2H3,(H2,20,21,22). The first-order chi connectivity index (χ1) is 11.9. The second kappa shape index (κ2) is 7.00. The van der Waals surface area contributed by atoms with Gasteiger partial charge in [0.25, 0.3) is 0 Å². The quantitative estimate of drug-likeness (QED) is 0.803. The SMILES string of the molecule is C=CCC1Oc2cccc(COC)c2-c2ccc(CS(N)(=O)=O)cc21. The van der Waals surface area contributed by atoms with E-state index >= 15 is 0 Å². The lowest BCUT2D eigenvalue weighted by Crippen LogP contribution is -2.17. The van der Waals surface area contributed by atoms with Crippen LogP contribution in [0.4, 0.5) is 0 Å². The Balaban J connectivity index is 2.16. The molecule has 1 aliphatic rings. The summed E-state index contributed by atoms with van der Waals surface area (Å²) >= 11 is 0. The van der Waals surface area contributed by atoms with E-state index in [1.54, 1.807) is 19.3 Å². The van der Waals surface area contributed by atoms with Crippen LogP contribution in [0.2, 0.25) is 0 Å². The van der Waals surface area contributed by atoms with E-state index < -0.39 is 10.0 Å². The maximum atomic E-state index is 11.4. The zero-order valence-electron chi connectivity index (χ0n) is 14.1. The molecule has 0 saturated carbocycles. The van der Waals surface area contributed by atoms with Crippen molar-refractivity contribution < 1.29 is 17.9 Å². The van der Waals surface area contributed by atoms with Crippen LogP contribution in [0.25, 0.3) is 11.1 Å². The Kier molecular flexibility index (Phi) is 4.94. The molecule has 2 aromatic rings. The second-order valence-electron chi connectivity index (χ2n) is 6.08. The molecule has 2 N–H and O–H groups in total. The Hall–Kier alpha value is -2.15. The molecule has 0 aliphatic carbocycles. The highest BCUT2D eigenvalue weighted by Gasteiger charge is 2.27. The third kappa shape index (κ3) is 3.76. The molecule has 1 unspecified atom stereocenters.